The van der Waals surface area contributed by atoms with Gasteiger partial charge in [-0.25, -0.2) is 0 Å². The van der Waals surface area contributed by atoms with E-state index < -0.39 is 13.2 Å². The van der Waals surface area contributed by atoms with Gasteiger partial charge in [-0.15, -0.1) is 0 Å². The van der Waals surface area contributed by atoms with E-state index in [-0.39, 0.29) is 5.97 Å². The predicted molar refractivity (Wildman–Crippen MR) is 113 cm³/mol. The summed E-state index contributed by atoms with van der Waals surface area (Å²) in [6.07, 6.45) is 2.39. The quantitative estimate of drug-likeness (QED) is 0.654. The highest BCUT2D eigenvalue weighted by Crippen LogP contribution is 2.28. The lowest BCUT2D eigenvalue weighted by Crippen LogP contribution is -2.43. The molecular weight excluding hydrogens is 349 g/mol. The van der Waals surface area contributed by atoms with E-state index in [1.165, 1.54) is 0 Å². The molecule has 0 aromatic heterocycles. The van der Waals surface area contributed by atoms with Gasteiger partial charge < -0.3 is 9.31 Å². The monoisotopic (exact) mass is 371 g/mol. The third-order valence-electron chi connectivity index (χ3n) is 4.81. The Hall–Kier alpha value is -3.08. The van der Waals surface area contributed by atoms with Crippen LogP contribution in [0.4, 0.5) is 0 Å². The van der Waals surface area contributed by atoms with Crippen molar-refractivity contribution in [3.8, 4) is 5.75 Å². The van der Waals surface area contributed by atoms with Gasteiger partial charge in [0.05, 0.1) is 0 Å². The lowest BCUT2D eigenvalue weighted by Gasteiger charge is -2.18. The van der Waals surface area contributed by atoms with E-state index >= 15 is 0 Å². The molecule has 0 amide bonds. The highest BCUT2D eigenvalue weighted by atomic mass is 16.6. The van der Waals surface area contributed by atoms with Crippen LogP contribution in [-0.4, -0.2) is 25.3 Å². The van der Waals surface area contributed by atoms with Crippen molar-refractivity contribution in [2.75, 3.05) is 0 Å². The number of benzene rings is 3. The average molecular weight is 371 g/mol. The number of aliphatic imine (C=N–C) groups is 1. The Morgan fingerprint density at radius 3 is 2.50 bits per heavy atom. The average Bonchev–Trinajstić information content (AvgIpc) is 2.77. The zero-order chi connectivity index (χ0) is 19.5. The minimum absolute atomic E-state index is 0.318. The lowest BCUT2D eigenvalue weighted by atomic mass is 9.78. The number of carbonyl (C=O) groups excluding carboxylic acids is 1. The zero-order valence-electron chi connectivity index (χ0n) is 16.0. The number of fused-ring (bicyclic) bond motifs is 3. The van der Waals surface area contributed by atoms with E-state index in [2.05, 4.69) is 24.9 Å². The molecule has 1 aliphatic heterocycles. The van der Waals surface area contributed by atoms with Crippen molar-refractivity contribution < 1.29 is 14.1 Å². The zero-order valence-corrected chi connectivity index (χ0v) is 16.0. The second-order valence-corrected chi connectivity index (χ2v) is 7.42. The molecular formula is C23H22BNO3. The molecule has 0 radical (unpaired) electrons. The molecule has 0 saturated heterocycles. The van der Waals surface area contributed by atoms with Crippen LogP contribution in [0.15, 0.2) is 71.7 Å². The Labute approximate surface area is 165 Å². The lowest BCUT2D eigenvalue weighted by molar-refractivity contribution is -0.137. The highest BCUT2D eigenvalue weighted by Gasteiger charge is 2.33. The summed E-state index contributed by atoms with van der Waals surface area (Å²) >= 11 is 0. The van der Waals surface area contributed by atoms with Crippen LogP contribution in [0, 0.1) is 5.92 Å². The number of hydrogen-bond acceptors (Lipinski definition) is 4. The van der Waals surface area contributed by atoms with E-state index in [0.29, 0.717) is 18.1 Å². The number of nitrogens with zero attached hydrogens (tertiary/aromatic N) is 1. The van der Waals surface area contributed by atoms with Crippen molar-refractivity contribution in [3.63, 3.8) is 0 Å². The molecule has 28 heavy (non-hydrogen) atoms. The van der Waals surface area contributed by atoms with Crippen molar-refractivity contribution in [2.45, 2.75) is 26.3 Å². The van der Waals surface area contributed by atoms with Gasteiger partial charge in [-0.1, -0.05) is 74.5 Å². The summed E-state index contributed by atoms with van der Waals surface area (Å²) in [5.74, 6) is 0.601. The molecule has 0 unspecified atom stereocenters. The normalized spacial score (nSPS) is 16.8. The molecule has 4 nitrogen and oxygen atoms in total. The van der Waals surface area contributed by atoms with Gasteiger partial charge in [0.15, 0.2) is 0 Å². The molecule has 3 aromatic carbocycles. The van der Waals surface area contributed by atoms with Crippen molar-refractivity contribution >= 4 is 35.5 Å². The number of carbonyl (C=O) groups is 1. The molecule has 1 heterocycles. The first-order valence-corrected chi connectivity index (χ1v) is 9.59. The molecule has 0 aliphatic carbocycles. The molecule has 1 aliphatic rings. The Morgan fingerprint density at radius 1 is 0.964 bits per heavy atom. The van der Waals surface area contributed by atoms with E-state index in [0.717, 1.165) is 21.8 Å². The van der Waals surface area contributed by atoms with Crippen molar-refractivity contribution in [3.05, 3.63) is 72.3 Å². The predicted octanol–water partition coefficient (Wildman–Crippen LogP) is 4.00. The summed E-state index contributed by atoms with van der Waals surface area (Å²) in [4.78, 5) is 17.4. The molecule has 0 fully saturated rings. The van der Waals surface area contributed by atoms with Crippen LogP contribution in [-0.2, 0) is 9.45 Å². The van der Waals surface area contributed by atoms with E-state index in [1.807, 2.05) is 60.7 Å². The first-order valence-electron chi connectivity index (χ1n) is 9.59. The Morgan fingerprint density at radius 2 is 1.71 bits per heavy atom. The van der Waals surface area contributed by atoms with Crippen molar-refractivity contribution in [1.82, 2.24) is 0 Å². The Kier molecular flexibility index (Phi) is 5.15. The molecule has 4 rings (SSSR count). The van der Waals surface area contributed by atoms with Gasteiger partial charge in [-0.2, -0.15) is 0 Å². The SMILES string of the molecule is CC(C)C[C@H]1N=Cc2c(ccc3ccccc23)OB(c2ccccc2)OC1=O. The minimum atomic E-state index is -0.815. The topological polar surface area (TPSA) is 47.9 Å². The summed E-state index contributed by atoms with van der Waals surface area (Å²) in [7, 11) is -0.815. The minimum Gasteiger partial charge on any atom is -0.521 e. The van der Waals surface area contributed by atoms with Crippen LogP contribution in [0.3, 0.4) is 0 Å². The summed E-state index contributed by atoms with van der Waals surface area (Å²) < 4.78 is 12.0. The first kappa shape index (κ1) is 18.3. The standard InChI is InChI=1S/C23H22BNO3/c1-16(2)14-21-23(26)28-24(18-9-4-3-5-10-18)27-22-13-12-17-8-6-7-11-19(17)20(22)15-25-21/h3-13,15-16,21H,14H2,1-2H3/t21-/m1/s1. The largest absolute Gasteiger partial charge is 0.634 e. The van der Waals surface area contributed by atoms with Gasteiger partial charge in [-0.05, 0) is 29.2 Å². The van der Waals surface area contributed by atoms with Crippen LogP contribution < -0.4 is 10.1 Å². The van der Waals surface area contributed by atoms with E-state index in [9.17, 15) is 4.79 Å². The van der Waals surface area contributed by atoms with Gasteiger partial charge in [0, 0.05) is 17.2 Å². The first-order chi connectivity index (χ1) is 13.6. The molecule has 0 N–H and O–H groups in total. The smallest absolute Gasteiger partial charge is 0.521 e. The molecule has 140 valence electrons. The van der Waals surface area contributed by atoms with Crippen LogP contribution >= 0.6 is 0 Å². The Balaban J connectivity index is 1.84. The second kappa shape index (κ2) is 7.89. The van der Waals surface area contributed by atoms with Gasteiger partial charge >= 0.3 is 13.1 Å². The fraction of sp³-hybridized carbons (Fsp3) is 0.217. The van der Waals surface area contributed by atoms with Gasteiger partial charge in [-0.3, -0.25) is 9.79 Å². The fourth-order valence-corrected chi connectivity index (χ4v) is 3.41. The van der Waals surface area contributed by atoms with Crippen molar-refractivity contribution in [2.24, 2.45) is 10.9 Å². The van der Waals surface area contributed by atoms with Crippen molar-refractivity contribution in [1.29, 1.82) is 0 Å². The van der Waals surface area contributed by atoms with Gasteiger partial charge in [0.1, 0.15) is 11.8 Å². The third kappa shape index (κ3) is 3.79. The van der Waals surface area contributed by atoms with Gasteiger partial charge in [0.25, 0.3) is 0 Å². The summed E-state index contributed by atoms with van der Waals surface area (Å²) in [5.41, 5.74) is 1.66. The van der Waals surface area contributed by atoms with E-state index in [1.54, 1.807) is 6.21 Å². The van der Waals surface area contributed by atoms with Gasteiger partial charge in [0.2, 0.25) is 0 Å². The van der Waals surface area contributed by atoms with Crippen LogP contribution in [0.1, 0.15) is 25.8 Å². The van der Waals surface area contributed by atoms with Crippen LogP contribution in [0.25, 0.3) is 10.8 Å². The number of rotatable bonds is 3. The molecule has 0 bridgehead atoms. The van der Waals surface area contributed by atoms with Crippen LogP contribution in [0.2, 0.25) is 0 Å². The molecule has 0 saturated carbocycles. The second-order valence-electron chi connectivity index (χ2n) is 7.42. The highest BCUT2D eigenvalue weighted by molar-refractivity contribution is 6.63. The van der Waals surface area contributed by atoms with E-state index in [4.69, 9.17) is 9.31 Å². The fourth-order valence-electron chi connectivity index (χ4n) is 3.41. The van der Waals surface area contributed by atoms with Crippen LogP contribution in [0.5, 0.6) is 5.75 Å². The maximum absolute atomic E-state index is 12.8. The molecule has 5 heteroatoms. The summed E-state index contributed by atoms with van der Waals surface area (Å²) in [6.45, 7) is 4.15. The third-order valence-corrected chi connectivity index (χ3v) is 4.81. The Bertz CT molecular complexity index is 1020. The molecule has 3 aromatic rings. The summed E-state index contributed by atoms with van der Waals surface area (Å²) in [5, 5.41) is 2.13. The molecule has 1 atom stereocenters. The summed E-state index contributed by atoms with van der Waals surface area (Å²) in [6, 6.07) is 21.0. The maximum Gasteiger partial charge on any atom is 0.634 e. The molecule has 0 spiro atoms. The number of hydrogen-bond donors (Lipinski definition) is 0. The maximum atomic E-state index is 12.8.